The van der Waals surface area contributed by atoms with E-state index in [9.17, 15) is 9.59 Å². The molecule has 1 aromatic carbocycles. The van der Waals surface area contributed by atoms with E-state index in [4.69, 9.17) is 5.11 Å². The lowest BCUT2D eigenvalue weighted by molar-refractivity contribution is -0.137. The largest absolute Gasteiger partial charge is 0.481 e. The van der Waals surface area contributed by atoms with Gasteiger partial charge in [-0.1, -0.05) is 18.2 Å². The van der Waals surface area contributed by atoms with E-state index in [2.05, 4.69) is 22.8 Å². The number of amides is 1. The zero-order valence-corrected chi connectivity index (χ0v) is 13.9. The molecule has 0 bridgehead atoms. The first-order valence-corrected chi connectivity index (χ1v) is 8.67. The van der Waals surface area contributed by atoms with Crippen LogP contribution in [0.3, 0.4) is 0 Å². The van der Waals surface area contributed by atoms with Crippen molar-refractivity contribution in [2.24, 2.45) is 5.92 Å². The van der Waals surface area contributed by atoms with Gasteiger partial charge in [0, 0.05) is 44.2 Å². The molecule has 1 amide bonds. The van der Waals surface area contributed by atoms with Crippen LogP contribution in [-0.2, 0) is 16.1 Å². The minimum Gasteiger partial charge on any atom is -0.481 e. The van der Waals surface area contributed by atoms with Gasteiger partial charge < -0.3 is 14.6 Å². The second-order valence-corrected chi connectivity index (χ2v) is 6.60. The SMILES string of the molecule is O=C(O)CCC1CCCN(C(=O)CCn2ccc3ccccc32)C1. The topological polar surface area (TPSA) is 62.5 Å². The molecule has 0 spiro atoms. The molecule has 1 aliphatic heterocycles. The van der Waals surface area contributed by atoms with Gasteiger partial charge in [0.1, 0.15) is 0 Å². The van der Waals surface area contributed by atoms with E-state index in [-0.39, 0.29) is 12.3 Å². The highest BCUT2D eigenvalue weighted by molar-refractivity contribution is 5.80. The molecule has 2 aromatic rings. The number of aromatic nitrogens is 1. The third-order valence-electron chi connectivity index (χ3n) is 4.88. The average molecular weight is 328 g/mol. The number of piperidine rings is 1. The van der Waals surface area contributed by atoms with Gasteiger partial charge in [0.25, 0.3) is 0 Å². The lowest BCUT2D eigenvalue weighted by Crippen LogP contribution is -2.40. The summed E-state index contributed by atoms with van der Waals surface area (Å²) in [5, 5.41) is 10.0. The Labute approximate surface area is 141 Å². The number of carboxylic acids is 1. The summed E-state index contributed by atoms with van der Waals surface area (Å²) in [6.07, 6.45) is 5.39. The molecule has 1 saturated heterocycles. The van der Waals surface area contributed by atoms with Crippen LogP contribution >= 0.6 is 0 Å². The summed E-state index contributed by atoms with van der Waals surface area (Å²) in [4.78, 5) is 25.1. The molecule has 128 valence electrons. The fraction of sp³-hybridized carbons (Fsp3) is 0.474. The van der Waals surface area contributed by atoms with E-state index in [0.29, 0.717) is 31.8 Å². The number of rotatable bonds is 6. The number of para-hydroxylation sites is 1. The zero-order valence-electron chi connectivity index (χ0n) is 13.9. The number of aliphatic carboxylic acids is 1. The molecule has 1 N–H and O–H groups in total. The lowest BCUT2D eigenvalue weighted by atomic mass is 9.93. The normalized spacial score (nSPS) is 18.0. The maximum atomic E-state index is 12.5. The Morgan fingerprint density at radius 3 is 2.83 bits per heavy atom. The zero-order chi connectivity index (χ0) is 16.9. The Bertz CT molecular complexity index is 722. The third-order valence-corrected chi connectivity index (χ3v) is 4.88. The molecular formula is C19H24N2O3. The fourth-order valence-corrected chi connectivity index (χ4v) is 3.56. The lowest BCUT2D eigenvalue weighted by Gasteiger charge is -2.32. The summed E-state index contributed by atoms with van der Waals surface area (Å²) < 4.78 is 2.12. The highest BCUT2D eigenvalue weighted by Gasteiger charge is 2.23. The van der Waals surface area contributed by atoms with Gasteiger partial charge >= 0.3 is 5.97 Å². The van der Waals surface area contributed by atoms with Crippen molar-refractivity contribution in [2.45, 2.75) is 38.6 Å². The van der Waals surface area contributed by atoms with E-state index in [1.165, 1.54) is 5.39 Å². The molecule has 1 aromatic heterocycles. The predicted octanol–water partition coefficient (Wildman–Crippen LogP) is 3.13. The third kappa shape index (κ3) is 3.96. The Morgan fingerprint density at radius 2 is 2.00 bits per heavy atom. The van der Waals surface area contributed by atoms with Crippen LogP contribution in [0.5, 0.6) is 0 Å². The molecule has 3 rings (SSSR count). The molecule has 1 atom stereocenters. The van der Waals surface area contributed by atoms with Gasteiger partial charge in [0.15, 0.2) is 0 Å². The molecule has 0 aliphatic carbocycles. The van der Waals surface area contributed by atoms with Gasteiger partial charge in [0.2, 0.25) is 5.91 Å². The number of hydrogen-bond acceptors (Lipinski definition) is 2. The Kier molecular flexibility index (Phi) is 5.18. The molecule has 5 nitrogen and oxygen atoms in total. The first-order valence-electron chi connectivity index (χ1n) is 8.67. The number of nitrogens with zero attached hydrogens (tertiary/aromatic N) is 2. The summed E-state index contributed by atoms with van der Waals surface area (Å²) in [6.45, 7) is 2.19. The van der Waals surface area contributed by atoms with Gasteiger partial charge in [-0.25, -0.2) is 0 Å². The number of likely N-dealkylation sites (tertiary alicyclic amines) is 1. The first-order chi connectivity index (χ1) is 11.6. The fourth-order valence-electron chi connectivity index (χ4n) is 3.56. The number of carbonyl (C=O) groups excluding carboxylic acids is 1. The van der Waals surface area contributed by atoms with Crippen molar-refractivity contribution in [1.29, 1.82) is 0 Å². The smallest absolute Gasteiger partial charge is 0.303 e. The molecule has 5 heteroatoms. The number of carboxylic acid groups (broad SMARTS) is 1. The summed E-state index contributed by atoms with van der Waals surface area (Å²) >= 11 is 0. The van der Waals surface area contributed by atoms with Crippen LogP contribution in [0.25, 0.3) is 10.9 Å². The van der Waals surface area contributed by atoms with Crippen LogP contribution in [-0.4, -0.2) is 39.5 Å². The van der Waals surface area contributed by atoms with Crippen molar-refractivity contribution in [1.82, 2.24) is 9.47 Å². The summed E-state index contributed by atoms with van der Waals surface area (Å²) in [5.74, 6) is -0.253. The number of carbonyl (C=O) groups is 2. The Balaban J connectivity index is 1.53. The standard InChI is InChI=1S/C19H24N2O3/c22-18(21-11-3-4-15(14-21)7-8-19(23)24)10-13-20-12-9-16-5-1-2-6-17(16)20/h1-2,5-6,9,12,15H,3-4,7-8,10-11,13-14H2,(H,23,24). The van der Waals surface area contributed by atoms with Crippen LogP contribution in [0, 0.1) is 5.92 Å². The highest BCUT2D eigenvalue weighted by Crippen LogP contribution is 2.22. The summed E-state index contributed by atoms with van der Waals surface area (Å²) in [5.41, 5.74) is 1.16. The molecule has 0 saturated carbocycles. The van der Waals surface area contributed by atoms with Crippen molar-refractivity contribution < 1.29 is 14.7 Å². The second kappa shape index (κ2) is 7.51. The maximum absolute atomic E-state index is 12.5. The minimum atomic E-state index is -0.752. The monoisotopic (exact) mass is 328 g/mol. The van der Waals surface area contributed by atoms with E-state index in [0.717, 1.165) is 24.9 Å². The van der Waals surface area contributed by atoms with Gasteiger partial charge in [-0.05, 0) is 42.7 Å². The van der Waals surface area contributed by atoms with Crippen molar-refractivity contribution in [3.8, 4) is 0 Å². The molecule has 0 radical (unpaired) electrons. The number of aryl methyl sites for hydroxylation is 1. The number of fused-ring (bicyclic) bond motifs is 1. The van der Waals surface area contributed by atoms with Gasteiger partial charge in [-0.15, -0.1) is 0 Å². The Morgan fingerprint density at radius 1 is 1.17 bits per heavy atom. The second-order valence-electron chi connectivity index (χ2n) is 6.60. The first kappa shape index (κ1) is 16.6. The van der Waals surface area contributed by atoms with Gasteiger partial charge in [-0.2, -0.15) is 0 Å². The number of hydrogen-bond donors (Lipinski definition) is 1. The molecule has 2 heterocycles. The predicted molar refractivity (Wildman–Crippen MR) is 92.7 cm³/mol. The molecule has 1 unspecified atom stereocenters. The number of benzene rings is 1. The molecule has 1 aliphatic rings. The van der Waals surface area contributed by atoms with Crippen molar-refractivity contribution in [3.05, 3.63) is 36.5 Å². The average Bonchev–Trinajstić information content (AvgIpc) is 3.01. The maximum Gasteiger partial charge on any atom is 0.303 e. The molecule has 24 heavy (non-hydrogen) atoms. The summed E-state index contributed by atoms with van der Waals surface area (Å²) in [7, 11) is 0. The van der Waals surface area contributed by atoms with Crippen LogP contribution in [0.15, 0.2) is 36.5 Å². The van der Waals surface area contributed by atoms with E-state index in [1.54, 1.807) is 0 Å². The Hall–Kier alpha value is -2.30. The van der Waals surface area contributed by atoms with Crippen molar-refractivity contribution >= 4 is 22.8 Å². The quantitative estimate of drug-likeness (QED) is 0.886. The molecular weight excluding hydrogens is 304 g/mol. The van der Waals surface area contributed by atoms with Crippen LogP contribution in [0.2, 0.25) is 0 Å². The summed E-state index contributed by atoms with van der Waals surface area (Å²) in [6, 6.07) is 10.2. The van der Waals surface area contributed by atoms with Gasteiger partial charge in [0.05, 0.1) is 0 Å². The highest BCUT2D eigenvalue weighted by atomic mass is 16.4. The minimum absolute atomic E-state index is 0.174. The van der Waals surface area contributed by atoms with Crippen LogP contribution in [0.4, 0.5) is 0 Å². The van der Waals surface area contributed by atoms with E-state index in [1.807, 2.05) is 23.2 Å². The van der Waals surface area contributed by atoms with E-state index >= 15 is 0 Å². The van der Waals surface area contributed by atoms with Gasteiger partial charge in [-0.3, -0.25) is 9.59 Å². The van der Waals surface area contributed by atoms with E-state index < -0.39 is 5.97 Å². The van der Waals surface area contributed by atoms with Crippen molar-refractivity contribution in [3.63, 3.8) is 0 Å². The molecule has 1 fully saturated rings. The van der Waals surface area contributed by atoms with Crippen molar-refractivity contribution in [2.75, 3.05) is 13.1 Å². The van der Waals surface area contributed by atoms with Crippen LogP contribution in [0.1, 0.15) is 32.1 Å². The van der Waals surface area contributed by atoms with Crippen LogP contribution < -0.4 is 0 Å².